The fourth-order valence-corrected chi connectivity index (χ4v) is 3.18. The molecular weight excluding hydrogens is 400 g/mol. The predicted octanol–water partition coefficient (Wildman–Crippen LogP) is 5.14. The van der Waals surface area contributed by atoms with Gasteiger partial charge in [-0.25, -0.2) is 5.43 Å². The molecule has 5 nitrogen and oxygen atoms in total. The van der Waals surface area contributed by atoms with E-state index in [4.69, 9.17) is 11.6 Å². The van der Waals surface area contributed by atoms with Crippen LogP contribution in [-0.4, -0.2) is 28.4 Å². The highest BCUT2D eigenvalue weighted by molar-refractivity contribution is 6.32. The lowest BCUT2D eigenvalue weighted by molar-refractivity contribution is 0.0955. The summed E-state index contributed by atoms with van der Waals surface area (Å²) in [6.07, 6.45) is 6.59. The van der Waals surface area contributed by atoms with Crippen LogP contribution in [0.15, 0.2) is 65.8 Å². The number of halogens is 1. The summed E-state index contributed by atoms with van der Waals surface area (Å²) < 4.78 is 0. The summed E-state index contributed by atoms with van der Waals surface area (Å²) in [5, 5.41) is 25.4. The van der Waals surface area contributed by atoms with E-state index in [9.17, 15) is 15.0 Å². The van der Waals surface area contributed by atoms with Gasteiger partial charge in [0.1, 0.15) is 5.75 Å². The molecule has 154 valence electrons. The molecule has 0 heterocycles. The van der Waals surface area contributed by atoms with Gasteiger partial charge in [-0.05, 0) is 47.4 Å². The Morgan fingerprint density at radius 2 is 1.83 bits per heavy atom. The van der Waals surface area contributed by atoms with Gasteiger partial charge in [-0.1, -0.05) is 67.1 Å². The summed E-state index contributed by atoms with van der Waals surface area (Å²) in [7, 11) is 0. The van der Waals surface area contributed by atoms with E-state index in [2.05, 4.69) is 10.5 Å². The first-order chi connectivity index (χ1) is 14.5. The topological polar surface area (TPSA) is 81.9 Å². The molecule has 0 saturated heterocycles. The van der Waals surface area contributed by atoms with Gasteiger partial charge in [0.15, 0.2) is 0 Å². The third-order valence-electron chi connectivity index (χ3n) is 4.75. The Labute approximate surface area is 180 Å². The van der Waals surface area contributed by atoms with Crippen molar-refractivity contribution in [1.29, 1.82) is 0 Å². The third kappa shape index (κ3) is 5.26. The van der Waals surface area contributed by atoms with E-state index in [-0.39, 0.29) is 16.9 Å². The summed E-state index contributed by atoms with van der Waals surface area (Å²) in [5.74, 6) is -0.506. The quantitative estimate of drug-likeness (QED) is 0.364. The van der Waals surface area contributed by atoms with E-state index < -0.39 is 5.91 Å². The van der Waals surface area contributed by atoms with Crippen LogP contribution in [0.5, 0.6) is 5.75 Å². The second-order valence-electron chi connectivity index (χ2n) is 6.86. The number of aromatic hydroxyl groups is 1. The fourth-order valence-electron chi connectivity index (χ4n) is 3.00. The van der Waals surface area contributed by atoms with Gasteiger partial charge < -0.3 is 10.2 Å². The lowest BCUT2D eigenvalue weighted by atomic mass is 9.99. The third-order valence-corrected chi connectivity index (χ3v) is 5.05. The molecule has 6 heteroatoms. The maximum Gasteiger partial charge on any atom is 0.271 e. The van der Waals surface area contributed by atoms with E-state index in [0.717, 1.165) is 28.3 Å². The number of aliphatic hydroxyl groups is 1. The first-order valence-corrected chi connectivity index (χ1v) is 10.1. The van der Waals surface area contributed by atoms with Crippen molar-refractivity contribution < 1.29 is 15.0 Å². The van der Waals surface area contributed by atoms with Crippen LogP contribution >= 0.6 is 11.6 Å². The highest BCUT2D eigenvalue weighted by atomic mass is 35.5. The molecule has 0 saturated carbocycles. The van der Waals surface area contributed by atoms with Crippen molar-refractivity contribution in [3.8, 4) is 5.75 Å². The standard InChI is InChI=1S/C24H23ClN2O3/c1-2-19(28)7-5-6-16-10-11-18(21-9-4-3-8-20(16)21)15-26-27-24(30)17-12-13-23(29)22(25)14-17/h3-6,8-15,19,28-29H,2,7H2,1H3,(H,27,30). The second-order valence-corrected chi connectivity index (χ2v) is 7.26. The van der Waals surface area contributed by atoms with Crippen LogP contribution in [0.3, 0.4) is 0 Å². The number of hydrazone groups is 1. The Balaban J connectivity index is 1.78. The monoisotopic (exact) mass is 422 g/mol. The number of hydrogen-bond acceptors (Lipinski definition) is 4. The van der Waals surface area contributed by atoms with Gasteiger partial charge in [-0.2, -0.15) is 5.10 Å². The van der Waals surface area contributed by atoms with E-state index in [0.29, 0.717) is 12.0 Å². The SMILES string of the molecule is CCC(O)CC=Cc1ccc(C=NNC(=O)c2ccc(O)c(Cl)c2)c2ccccc12. The molecule has 3 aromatic carbocycles. The summed E-state index contributed by atoms with van der Waals surface area (Å²) in [6.45, 7) is 1.96. The van der Waals surface area contributed by atoms with Crippen molar-refractivity contribution in [1.82, 2.24) is 5.43 Å². The zero-order valence-electron chi connectivity index (χ0n) is 16.5. The summed E-state index contributed by atoms with van der Waals surface area (Å²) in [5.41, 5.74) is 4.69. The number of benzene rings is 3. The van der Waals surface area contributed by atoms with E-state index >= 15 is 0 Å². The molecule has 0 aromatic heterocycles. The number of rotatable bonds is 7. The van der Waals surface area contributed by atoms with Crippen LogP contribution in [0.1, 0.15) is 41.3 Å². The molecule has 0 aliphatic heterocycles. The highest BCUT2D eigenvalue weighted by Gasteiger charge is 2.08. The summed E-state index contributed by atoms with van der Waals surface area (Å²) >= 11 is 5.84. The number of carbonyl (C=O) groups is 1. The molecule has 0 aliphatic rings. The summed E-state index contributed by atoms with van der Waals surface area (Å²) in [4.78, 5) is 12.2. The van der Waals surface area contributed by atoms with E-state index in [1.54, 1.807) is 6.21 Å². The smallest absolute Gasteiger partial charge is 0.271 e. The molecule has 0 aliphatic carbocycles. The van der Waals surface area contributed by atoms with Crippen LogP contribution in [0.2, 0.25) is 5.02 Å². The van der Waals surface area contributed by atoms with Gasteiger partial charge in [-0.3, -0.25) is 4.79 Å². The maximum absolute atomic E-state index is 12.2. The van der Waals surface area contributed by atoms with Crippen molar-refractivity contribution in [2.45, 2.75) is 25.9 Å². The van der Waals surface area contributed by atoms with Crippen molar-refractivity contribution in [3.63, 3.8) is 0 Å². The minimum absolute atomic E-state index is 0.0819. The Kier molecular flexibility index (Phi) is 7.22. The number of aliphatic hydroxyl groups excluding tert-OH is 1. The number of phenolic OH excluding ortho intramolecular Hbond substituents is 1. The van der Waals surface area contributed by atoms with E-state index in [1.165, 1.54) is 18.2 Å². The molecule has 0 spiro atoms. The molecule has 1 atom stereocenters. The minimum atomic E-state index is -0.425. The van der Waals surface area contributed by atoms with Crippen molar-refractivity contribution in [2.75, 3.05) is 0 Å². The number of amides is 1. The molecule has 1 amide bonds. The molecule has 3 N–H and O–H groups in total. The second kappa shape index (κ2) is 10.1. The molecular formula is C24H23ClN2O3. The van der Waals surface area contributed by atoms with Crippen molar-refractivity contribution in [2.24, 2.45) is 5.10 Å². The molecule has 3 aromatic rings. The summed E-state index contributed by atoms with van der Waals surface area (Å²) in [6, 6.07) is 16.1. The van der Waals surface area contributed by atoms with Crippen LogP contribution < -0.4 is 5.43 Å². The molecule has 0 radical (unpaired) electrons. The van der Waals surface area contributed by atoms with Gasteiger partial charge in [0.05, 0.1) is 17.3 Å². The highest BCUT2D eigenvalue weighted by Crippen LogP contribution is 2.24. The zero-order valence-corrected chi connectivity index (χ0v) is 17.3. The lowest BCUT2D eigenvalue weighted by Crippen LogP contribution is -2.17. The zero-order chi connectivity index (χ0) is 21.5. The maximum atomic E-state index is 12.2. The Hall–Kier alpha value is -3.15. The number of nitrogens with zero attached hydrogens (tertiary/aromatic N) is 1. The molecule has 30 heavy (non-hydrogen) atoms. The van der Waals surface area contributed by atoms with Crippen molar-refractivity contribution in [3.05, 3.63) is 82.4 Å². The largest absolute Gasteiger partial charge is 0.506 e. The van der Waals surface area contributed by atoms with Crippen molar-refractivity contribution >= 4 is 40.6 Å². The molecule has 1 unspecified atom stereocenters. The molecule has 0 bridgehead atoms. The molecule has 0 fully saturated rings. The first kappa shape index (κ1) is 21.6. The van der Waals surface area contributed by atoms with Crippen LogP contribution in [0.25, 0.3) is 16.8 Å². The normalized spacial score (nSPS) is 12.6. The van der Waals surface area contributed by atoms with Gasteiger partial charge >= 0.3 is 0 Å². The first-order valence-electron chi connectivity index (χ1n) is 9.68. The number of hydrogen-bond donors (Lipinski definition) is 3. The van der Waals surface area contributed by atoms with Crippen LogP contribution in [0.4, 0.5) is 0 Å². The lowest BCUT2D eigenvalue weighted by Gasteiger charge is -2.07. The Morgan fingerprint density at radius 3 is 2.53 bits per heavy atom. The predicted molar refractivity (Wildman–Crippen MR) is 122 cm³/mol. The number of nitrogens with one attached hydrogen (secondary N) is 1. The van der Waals surface area contributed by atoms with Gasteiger partial charge in [0.2, 0.25) is 0 Å². The number of carbonyl (C=O) groups excluding carboxylic acids is 1. The van der Waals surface area contributed by atoms with Crippen LogP contribution in [-0.2, 0) is 0 Å². The molecule has 3 rings (SSSR count). The number of phenols is 1. The fraction of sp³-hybridized carbons (Fsp3) is 0.167. The van der Waals surface area contributed by atoms with Gasteiger partial charge in [0.25, 0.3) is 5.91 Å². The average molecular weight is 423 g/mol. The number of fused-ring (bicyclic) bond motifs is 1. The van der Waals surface area contributed by atoms with Gasteiger partial charge in [-0.15, -0.1) is 0 Å². The van der Waals surface area contributed by atoms with Gasteiger partial charge in [0, 0.05) is 11.1 Å². The minimum Gasteiger partial charge on any atom is -0.506 e. The van der Waals surface area contributed by atoms with E-state index in [1.807, 2.05) is 55.5 Å². The Morgan fingerprint density at radius 1 is 1.13 bits per heavy atom. The Bertz CT molecular complexity index is 1110. The average Bonchev–Trinajstić information content (AvgIpc) is 2.76. The van der Waals surface area contributed by atoms with Crippen LogP contribution in [0, 0.1) is 0 Å².